The molecule has 37 nitrogen and oxygen atoms in total. The lowest BCUT2D eigenvalue weighted by Gasteiger charge is -2.24. The molecule has 3 fully saturated rings. The highest BCUT2D eigenvalue weighted by Gasteiger charge is 2.28. The highest BCUT2D eigenvalue weighted by Crippen LogP contribution is 2.31. The molecule has 0 aliphatic carbocycles. The van der Waals surface area contributed by atoms with Crippen LogP contribution in [0.3, 0.4) is 0 Å². The lowest BCUT2D eigenvalue weighted by Crippen LogP contribution is -2.36. The Balaban J connectivity index is 0.000000149. The van der Waals surface area contributed by atoms with E-state index in [9.17, 15) is 43.2 Å². The van der Waals surface area contributed by atoms with Crippen LogP contribution >= 0.6 is 0 Å². The molecule has 137 heavy (non-hydrogen) atoms. The van der Waals surface area contributed by atoms with Gasteiger partial charge in [-0.15, -0.1) is 0 Å². The summed E-state index contributed by atoms with van der Waals surface area (Å²) >= 11 is 0. The zero-order valence-electron chi connectivity index (χ0n) is 75.8. The van der Waals surface area contributed by atoms with E-state index in [1.54, 1.807) is 204 Å². The summed E-state index contributed by atoms with van der Waals surface area (Å²) in [5, 5.41) is 8.34. The van der Waals surface area contributed by atoms with Crippen molar-refractivity contribution in [2.75, 3.05) is 141 Å². The van der Waals surface area contributed by atoms with Crippen LogP contribution in [0, 0.1) is 56.3 Å². The topological polar surface area (TPSA) is 442 Å². The first kappa shape index (κ1) is 92.8. The molecule has 690 valence electrons. The number of hydrogen-bond donors (Lipinski definition) is 6. The van der Waals surface area contributed by atoms with E-state index in [0.29, 0.717) is 135 Å². The van der Waals surface area contributed by atoms with E-state index in [2.05, 4.69) is 111 Å². The summed E-state index contributed by atoms with van der Waals surface area (Å²) in [6, 6.07) is 51.4. The Kier molecular flexibility index (Phi) is 28.4. The Morgan fingerprint density at radius 1 is 0.343 bits per heavy atom. The monoisotopic (exact) mass is 1830 g/mol. The van der Waals surface area contributed by atoms with Gasteiger partial charge in [0.05, 0.1) is 67.0 Å². The summed E-state index contributed by atoms with van der Waals surface area (Å²) in [6.45, 7) is 14.2. The number of rotatable bonds is 18. The maximum Gasteiger partial charge on any atom is 0.339 e. The van der Waals surface area contributed by atoms with Gasteiger partial charge >= 0.3 is 34.8 Å². The van der Waals surface area contributed by atoms with Crippen LogP contribution in [-0.4, -0.2) is 216 Å². The molecule has 12 heterocycles. The second kappa shape index (κ2) is 42.0. The molecule has 9 aromatic heterocycles. The Bertz CT molecular complexity index is 7240. The van der Waals surface area contributed by atoms with Crippen molar-refractivity contribution in [3.8, 4) is 69.6 Å². The van der Waals surface area contributed by atoms with Gasteiger partial charge in [0.2, 0.25) is 0 Å². The largest absolute Gasteiger partial charge is 0.382 e. The first-order chi connectivity index (χ1) is 66.4. The SMILES string of the molecule is Cc1ccnc(NC(=O)c2ccc(-n3c(=O)n(-c4cccc(N(C)C(=O)C#CCN5CCCC5)c4)c4ncnc(N)c43)cc2)c1.Cc1ccnc(NC(=O)c2ccc(-n3c(=O)n(-c4cccc(N(C)C(=O)C#CCN5CCCCC5)c4)c4ncnc(N)c43)cc2)c1.Cc1ccnc(NC(=O)c2ccc(-n3c(=O)n(-c4cccc(N(C)C(=O)C#CCN5CCOCC5)c4)c4ncnc(N)c43)cc2)c1. The quantitative estimate of drug-likeness (QED) is 0.0436. The predicted molar refractivity (Wildman–Crippen MR) is 524 cm³/mol. The number of hydrogen-bond acceptors (Lipinski definition) is 25. The van der Waals surface area contributed by atoms with Crippen molar-refractivity contribution >= 4 is 121 Å². The molecule has 3 aliphatic heterocycles. The van der Waals surface area contributed by atoms with E-state index in [-0.39, 0.29) is 69.8 Å². The number of fused-ring (bicyclic) bond motifs is 3. The Morgan fingerprint density at radius 2 is 0.628 bits per heavy atom. The van der Waals surface area contributed by atoms with Crippen LogP contribution in [0.2, 0.25) is 0 Å². The van der Waals surface area contributed by atoms with Gasteiger partial charge in [-0.25, -0.2) is 72.9 Å². The Labute approximate surface area is 785 Å². The van der Waals surface area contributed by atoms with Gasteiger partial charge in [-0.2, -0.15) is 0 Å². The molecule has 9 N–H and O–H groups in total. The Morgan fingerprint density at radius 3 is 0.920 bits per heavy atom. The molecule has 6 amide bonds. The van der Waals surface area contributed by atoms with E-state index in [1.807, 2.05) is 39.0 Å². The lowest BCUT2D eigenvalue weighted by atomic mass is 10.1. The number of piperidine rings is 1. The number of benzene rings is 6. The van der Waals surface area contributed by atoms with Crippen LogP contribution in [0.4, 0.5) is 52.0 Å². The van der Waals surface area contributed by atoms with E-state index >= 15 is 0 Å². The number of carbonyl (C=O) groups is 6. The number of amides is 6. The number of aromatic nitrogens is 15. The van der Waals surface area contributed by atoms with Crippen LogP contribution in [0.25, 0.3) is 67.6 Å². The fourth-order valence-corrected chi connectivity index (χ4v) is 15.8. The molecule has 0 atom stereocenters. The summed E-state index contributed by atoms with van der Waals surface area (Å²) in [5.74, 6) is 16.6. The molecule has 6 aromatic carbocycles. The van der Waals surface area contributed by atoms with E-state index in [1.165, 1.54) is 67.5 Å². The molecule has 0 bridgehead atoms. The molecular weight excluding hydrogens is 1740 g/mol. The van der Waals surface area contributed by atoms with Crippen molar-refractivity contribution in [3.05, 3.63) is 284 Å². The summed E-state index contributed by atoms with van der Waals surface area (Å²) in [6.07, 6.45) is 14.6. The van der Waals surface area contributed by atoms with Crippen LogP contribution in [0.5, 0.6) is 0 Å². The number of carbonyl (C=O) groups excluding carboxylic acids is 6. The minimum atomic E-state index is -0.459. The first-order valence-electron chi connectivity index (χ1n) is 44.0. The van der Waals surface area contributed by atoms with Gasteiger partial charge in [0.1, 0.15) is 53.0 Å². The predicted octanol–water partition coefficient (Wildman–Crippen LogP) is 9.14. The van der Waals surface area contributed by atoms with E-state index < -0.39 is 17.1 Å². The van der Waals surface area contributed by atoms with Gasteiger partial charge in [-0.1, -0.05) is 42.4 Å². The number of imidazole rings is 3. The average Bonchev–Trinajstić information content (AvgIpc) is 1.60. The van der Waals surface area contributed by atoms with Gasteiger partial charge in [-0.3, -0.25) is 57.2 Å². The van der Waals surface area contributed by atoms with Gasteiger partial charge in [0.15, 0.2) is 34.4 Å². The standard InChI is InChI=1S/C34H33N9O3.C33H31N9O4.C33H31N9O3/c1-23-15-16-36-28(20-23)39-33(45)24-11-13-25(14-12-24)42-30-31(35)37-22-38-32(30)43(34(42)46)27-9-6-8-26(21-27)40(2)29(44)10-7-19-41-17-4-3-5-18-41;1-22-12-13-35-27(19-22)38-32(44)23-8-10-24(11-9-23)41-29-30(34)36-21-37-31(29)42(33(41)45)26-6-3-5-25(20-26)39(2)28(43)7-4-14-40-15-17-46-18-16-40;1-22-14-15-35-27(19-22)38-32(44)23-10-12-24(13-11-23)41-29-30(34)36-21-37-31(29)42(33(41)45)26-8-5-7-25(20-26)39(2)28(43)9-6-18-40-16-3-4-17-40/h6,8-9,11-16,20-22H,3-5,17-19H2,1-2H3,(H2,35,37,38)(H,36,39,45);3,5-6,8-13,19-21H,14-18H2,1-2H3,(H2,34,36,37)(H,35,38,44);5,7-8,10-15,19-21H,3-4,16-18H2,1-2H3,(H2,34,36,37)(H,35,38,44). The average molecular weight is 1840 g/mol. The molecule has 18 rings (SSSR count). The van der Waals surface area contributed by atoms with Gasteiger partial charge < -0.3 is 52.6 Å². The number of nitrogens with two attached hydrogens (primary N) is 3. The van der Waals surface area contributed by atoms with Crippen LogP contribution in [-0.2, 0) is 19.1 Å². The zero-order chi connectivity index (χ0) is 95.9. The van der Waals surface area contributed by atoms with Gasteiger partial charge in [0, 0.05) is 86.6 Å². The van der Waals surface area contributed by atoms with Gasteiger partial charge in [0.25, 0.3) is 17.7 Å². The highest BCUT2D eigenvalue weighted by atomic mass is 16.5. The van der Waals surface area contributed by atoms with Crippen molar-refractivity contribution in [3.63, 3.8) is 0 Å². The molecule has 37 heteroatoms. The molecule has 3 saturated heterocycles. The number of pyridine rings is 3. The van der Waals surface area contributed by atoms with Crippen LogP contribution in [0.1, 0.15) is 79.9 Å². The number of nitrogens with one attached hydrogen (secondary N) is 3. The second-order valence-electron chi connectivity index (χ2n) is 32.6. The van der Waals surface area contributed by atoms with Crippen molar-refractivity contribution in [2.24, 2.45) is 0 Å². The fraction of sp³-hybridized carbons (Fsp3) is 0.220. The number of nitrogen functional groups attached to an aromatic ring is 3. The third-order valence-electron chi connectivity index (χ3n) is 23.2. The maximum absolute atomic E-state index is 14.0. The third kappa shape index (κ3) is 21.2. The molecular formula is C100H95N27O10. The van der Waals surface area contributed by atoms with E-state index in [4.69, 9.17) is 21.9 Å². The summed E-state index contributed by atoms with van der Waals surface area (Å²) in [5.41, 5.74) is 27.8. The lowest BCUT2D eigenvalue weighted by molar-refractivity contribution is -0.113. The molecule has 0 unspecified atom stereocenters. The van der Waals surface area contributed by atoms with E-state index in [0.717, 1.165) is 81.6 Å². The maximum atomic E-state index is 14.0. The molecule has 3 aliphatic rings. The Hall–Kier alpha value is -17.4. The number of ether oxygens (including phenoxy) is 1. The smallest absolute Gasteiger partial charge is 0.339 e. The number of morpholine rings is 1. The van der Waals surface area contributed by atoms with Crippen molar-refractivity contribution in [2.45, 2.75) is 52.9 Å². The number of likely N-dealkylation sites (tertiary alicyclic amines) is 2. The van der Waals surface area contributed by atoms with Crippen molar-refractivity contribution in [1.82, 2.24) is 87.0 Å². The summed E-state index contributed by atoms with van der Waals surface area (Å²) < 4.78 is 13.8. The second-order valence-corrected chi connectivity index (χ2v) is 32.6. The molecule has 0 spiro atoms. The van der Waals surface area contributed by atoms with Gasteiger partial charge in [-0.05, 0) is 271 Å². The minimum absolute atomic E-state index is 0.104. The molecule has 0 radical (unpaired) electrons. The third-order valence-corrected chi connectivity index (χ3v) is 23.2. The fourth-order valence-electron chi connectivity index (χ4n) is 15.8. The normalized spacial score (nSPS) is 13.1. The number of anilines is 9. The van der Waals surface area contributed by atoms with Crippen LogP contribution < -0.4 is 64.9 Å². The van der Waals surface area contributed by atoms with Crippen molar-refractivity contribution in [1.29, 1.82) is 0 Å². The summed E-state index contributed by atoms with van der Waals surface area (Å²) in [4.78, 5) is 168. The zero-order valence-corrected chi connectivity index (χ0v) is 75.8. The summed E-state index contributed by atoms with van der Waals surface area (Å²) in [7, 11) is 4.92. The van der Waals surface area contributed by atoms with Crippen molar-refractivity contribution < 1.29 is 33.5 Å². The molecule has 15 aromatic rings. The van der Waals surface area contributed by atoms with Crippen LogP contribution in [0.15, 0.2) is 234 Å². The first-order valence-corrected chi connectivity index (χ1v) is 44.0. The number of aryl methyl sites for hydroxylation is 3. The number of nitrogens with zero attached hydrogens (tertiary/aromatic N) is 21. The minimum Gasteiger partial charge on any atom is -0.382 e. The molecule has 0 saturated carbocycles. The highest BCUT2D eigenvalue weighted by molar-refractivity contribution is 6.09.